The fourth-order valence-electron chi connectivity index (χ4n) is 3.30. The van der Waals surface area contributed by atoms with E-state index in [0.29, 0.717) is 18.7 Å². The Hall–Kier alpha value is -2.76. The number of aryl methyl sites for hydroxylation is 1. The van der Waals surface area contributed by atoms with E-state index in [1.807, 2.05) is 6.07 Å². The topological polar surface area (TPSA) is 23.6 Å². The van der Waals surface area contributed by atoms with Crippen LogP contribution in [0.5, 0.6) is 0 Å². The molecule has 0 aromatic heterocycles. The van der Waals surface area contributed by atoms with Crippen molar-refractivity contribution in [2.24, 2.45) is 0 Å². The van der Waals surface area contributed by atoms with Gasteiger partial charge in [-0.05, 0) is 54.8 Å². The molecule has 3 rings (SSSR count). The van der Waals surface area contributed by atoms with Crippen LogP contribution in [0.15, 0.2) is 48.5 Å². The van der Waals surface area contributed by atoms with Crippen molar-refractivity contribution in [2.75, 3.05) is 31.1 Å². The van der Waals surface area contributed by atoms with Crippen LogP contribution in [-0.4, -0.2) is 37.0 Å². The summed E-state index contributed by atoms with van der Waals surface area (Å²) in [4.78, 5) is 16.5. The smallest absolute Gasteiger partial charge is 0.368 e. The normalized spacial score (nSPS) is 15.3. The maximum absolute atomic E-state index is 12.6. The van der Waals surface area contributed by atoms with Crippen molar-refractivity contribution < 1.29 is 18.0 Å². The number of anilines is 1. The number of rotatable bonds is 3. The van der Waals surface area contributed by atoms with Gasteiger partial charge < -0.3 is 9.80 Å². The van der Waals surface area contributed by atoms with Gasteiger partial charge in [0.25, 0.3) is 0 Å². The van der Waals surface area contributed by atoms with Gasteiger partial charge in [-0.15, -0.1) is 0 Å². The molecule has 0 aliphatic carbocycles. The monoisotopic (exact) mass is 388 g/mol. The van der Waals surface area contributed by atoms with E-state index in [1.165, 1.54) is 35.0 Å². The van der Waals surface area contributed by atoms with Crippen LogP contribution in [0, 0.1) is 13.8 Å². The van der Waals surface area contributed by atoms with Crippen LogP contribution in [0.1, 0.15) is 22.3 Å². The zero-order chi connectivity index (χ0) is 20.3. The fraction of sp³-hybridized carbons (Fsp3) is 0.318. The van der Waals surface area contributed by atoms with Crippen LogP contribution >= 0.6 is 0 Å². The summed E-state index contributed by atoms with van der Waals surface area (Å²) in [5, 5.41) is 0. The van der Waals surface area contributed by atoms with E-state index in [1.54, 1.807) is 11.0 Å². The second-order valence-electron chi connectivity index (χ2n) is 6.98. The lowest BCUT2D eigenvalue weighted by atomic mass is 10.1. The maximum Gasteiger partial charge on any atom is 0.416 e. The summed E-state index contributed by atoms with van der Waals surface area (Å²) in [6.45, 7) is 6.93. The Morgan fingerprint density at radius 3 is 2.21 bits per heavy atom. The minimum Gasteiger partial charge on any atom is -0.368 e. The summed E-state index contributed by atoms with van der Waals surface area (Å²) >= 11 is 0. The molecule has 1 amide bonds. The van der Waals surface area contributed by atoms with Gasteiger partial charge in [0.2, 0.25) is 5.91 Å². The van der Waals surface area contributed by atoms with Gasteiger partial charge in [0.05, 0.1) is 5.56 Å². The van der Waals surface area contributed by atoms with E-state index >= 15 is 0 Å². The van der Waals surface area contributed by atoms with Crippen LogP contribution in [0.2, 0.25) is 0 Å². The van der Waals surface area contributed by atoms with E-state index in [2.05, 4.69) is 30.9 Å². The van der Waals surface area contributed by atoms with Crippen LogP contribution in [0.25, 0.3) is 6.08 Å². The second-order valence-corrected chi connectivity index (χ2v) is 6.98. The molecule has 6 heteroatoms. The predicted molar refractivity (Wildman–Crippen MR) is 105 cm³/mol. The molecule has 28 heavy (non-hydrogen) atoms. The number of halogens is 3. The van der Waals surface area contributed by atoms with Gasteiger partial charge in [0.1, 0.15) is 0 Å². The van der Waals surface area contributed by atoms with E-state index < -0.39 is 11.7 Å². The Kier molecular flexibility index (Phi) is 5.77. The number of hydrogen-bond donors (Lipinski definition) is 0. The molecule has 0 N–H and O–H groups in total. The Morgan fingerprint density at radius 1 is 0.964 bits per heavy atom. The molecule has 0 saturated carbocycles. The van der Waals surface area contributed by atoms with Gasteiger partial charge in [0, 0.05) is 37.9 Å². The largest absolute Gasteiger partial charge is 0.416 e. The van der Waals surface area contributed by atoms with Crippen LogP contribution in [0.4, 0.5) is 18.9 Å². The molecule has 0 unspecified atom stereocenters. The van der Waals surface area contributed by atoms with E-state index in [4.69, 9.17) is 0 Å². The molecule has 0 atom stereocenters. The van der Waals surface area contributed by atoms with E-state index in [9.17, 15) is 18.0 Å². The molecule has 1 aliphatic rings. The summed E-state index contributed by atoms with van der Waals surface area (Å²) in [6.07, 6.45) is -1.37. The van der Waals surface area contributed by atoms with Crippen molar-refractivity contribution >= 4 is 17.7 Å². The van der Waals surface area contributed by atoms with Crippen molar-refractivity contribution in [3.05, 3.63) is 70.8 Å². The molecule has 1 fully saturated rings. The Morgan fingerprint density at radius 2 is 1.61 bits per heavy atom. The van der Waals surface area contributed by atoms with Crippen LogP contribution < -0.4 is 4.90 Å². The van der Waals surface area contributed by atoms with Gasteiger partial charge >= 0.3 is 6.18 Å². The predicted octanol–water partition coefficient (Wildman–Crippen LogP) is 4.68. The van der Waals surface area contributed by atoms with E-state index in [0.717, 1.165) is 25.2 Å². The molecule has 2 aromatic carbocycles. The van der Waals surface area contributed by atoms with Gasteiger partial charge in [-0.25, -0.2) is 0 Å². The van der Waals surface area contributed by atoms with Crippen molar-refractivity contribution in [1.82, 2.24) is 4.90 Å². The van der Waals surface area contributed by atoms with Gasteiger partial charge in [-0.3, -0.25) is 4.79 Å². The number of nitrogens with zero attached hydrogens (tertiary/aromatic N) is 2. The Labute approximate surface area is 163 Å². The molecule has 1 heterocycles. The van der Waals surface area contributed by atoms with Crippen LogP contribution in [0.3, 0.4) is 0 Å². The van der Waals surface area contributed by atoms with Gasteiger partial charge in [0.15, 0.2) is 0 Å². The highest BCUT2D eigenvalue weighted by molar-refractivity contribution is 5.92. The molecule has 2 aromatic rings. The molecule has 0 bridgehead atoms. The summed E-state index contributed by atoms with van der Waals surface area (Å²) in [5.41, 5.74) is 3.57. The zero-order valence-electron chi connectivity index (χ0n) is 16.0. The van der Waals surface area contributed by atoms with Gasteiger partial charge in [-0.1, -0.05) is 24.3 Å². The van der Waals surface area contributed by atoms with Crippen molar-refractivity contribution in [3.8, 4) is 0 Å². The second kappa shape index (κ2) is 8.09. The first-order valence-electron chi connectivity index (χ1n) is 9.21. The fourth-order valence-corrected chi connectivity index (χ4v) is 3.30. The molecule has 1 aliphatic heterocycles. The number of amides is 1. The number of benzene rings is 2. The summed E-state index contributed by atoms with van der Waals surface area (Å²) in [6, 6.07) is 11.0. The molecule has 1 saturated heterocycles. The molecular formula is C22H23F3N2O. The first-order chi connectivity index (χ1) is 13.3. The molecule has 0 spiro atoms. The third kappa shape index (κ3) is 4.55. The first-order valence-corrected chi connectivity index (χ1v) is 9.21. The SMILES string of the molecule is Cc1cccc(N2CCN(C(=O)/C=C/c3ccc(C(F)(F)F)cc3)CC2)c1C. The quantitative estimate of drug-likeness (QED) is 0.713. The van der Waals surface area contributed by atoms with E-state index in [-0.39, 0.29) is 5.91 Å². The number of carbonyl (C=O) groups excluding carboxylic acids is 1. The summed E-state index contributed by atoms with van der Waals surface area (Å²) in [7, 11) is 0. The average Bonchev–Trinajstić information content (AvgIpc) is 2.68. The lowest BCUT2D eigenvalue weighted by molar-refractivity contribution is -0.137. The summed E-state index contributed by atoms with van der Waals surface area (Å²) in [5.74, 6) is -0.125. The minimum absolute atomic E-state index is 0.125. The highest BCUT2D eigenvalue weighted by atomic mass is 19.4. The third-order valence-electron chi connectivity index (χ3n) is 5.16. The zero-order valence-corrected chi connectivity index (χ0v) is 16.0. The molecule has 148 valence electrons. The third-order valence-corrected chi connectivity index (χ3v) is 5.16. The summed E-state index contributed by atoms with van der Waals surface area (Å²) < 4.78 is 37.8. The number of alkyl halides is 3. The van der Waals surface area contributed by atoms with Gasteiger partial charge in [-0.2, -0.15) is 13.2 Å². The lowest BCUT2D eigenvalue weighted by Gasteiger charge is -2.36. The first kappa shape index (κ1) is 20.0. The van der Waals surface area contributed by atoms with Crippen molar-refractivity contribution in [2.45, 2.75) is 20.0 Å². The standard InChI is InChI=1S/C22H23F3N2O/c1-16-4-3-5-20(17(16)2)26-12-14-27(15-13-26)21(28)11-8-18-6-9-19(10-7-18)22(23,24)25/h3-11H,12-15H2,1-2H3/b11-8+. The van der Waals surface area contributed by atoms with Crippen LogP contribution in [-0.2, 0) is 11.0 Å². The molecule has 0 radical (unpaired) electrons. The molecular weight excluding hydrogens is 365 g/mol. The minimum atomic E-state index is -4.35. The number of hydrogen-bond acceptors (Lipinski definition) is 2. The molecule has 3 nitrogen and oxygen atoms in total. The Balaban J connectivity index is 1.58. The number of piperazine rings is 1. The maximum atomic E-state index is 12.6. The highest BCUT2D eigenvalue weighted by Crippen LogP contribution is 2.29. The van der Waals surface area contributed by atoms with Crippen molar-refractivity contribution in [3.63, 3.8) is 0 Å². The Bertz CT molecular complexity index is 864. The van der Waals surface area contributed by atoms with Crippen molar-refractivity contribution in [1.29, 1.82) is 0 Å². The lowest BCUT2D eigenvalue weighted by Crippen LogP contribution is -2.48. The highest BCUT2D eigenvalue weighted by Gasteiger charge is 2.29. The number of carbonyl (C=O) groups is 1. The average molecular weight is 388 g/mol.